The highest BCUT2D eigenvalue weighted by atomic mass is 16.5. The fourth-order valence-corrected chi connectivity index (χ4v) is 4.10. The van der Waals surface area contributed by atoms with Gasteiger partial charge in [0.2, 0.25) is 0 Å². The minimum Gasteiger partial charge on any atom is -0.386 e. The Morgan fingerprint density at radius 2 is 1.85 bits per heavy atom. The lowest BCUT2D eigenvalue weighted by Gasteiger charge is -2.26. The van der Waals surface area contributed by atoms with Crippen LogP contribution in [-0.2, 0) is 10.3 Å². The van der Waals surface area contributed by atoms with Crippen LogP contribution < -0.4 is 0 Å². The summed E-state index contributed by atoms with van der Waals surface area (Å²) in [6.07, 6.45) is 5.18. The van der Waals surface area contributed by atoms with E-state index in [9.17, 15) is 9.90 Å². The average Bonchev–Trinajstić information content (AvgIpc) is 3.27. The maximum Gasteiger partial charge on any atom is 0.255 e. The number of fused-ring (bicyclic) bond motifs is 1. The van der Waals surface area contributed by atoms with Gasteiger partial charge < -0.3 is 14.7 Å². The Morgan fingerprint density at radius 3 is 2.64 bits per heavy atom. The molecule has 2 aromatic carbocycles. The first-order valence-electron chi connectivity index (χ1n) is 11.0. The van der Waals surface area contributed by atoms with Gasteiger partial charge in [-0.1, -0.05) is 18.2 Å². The molecule has 0 unspecified atom stereocenters. The predicted octanol–water partition coefficient (Wildman–Crippen LogP) is 3.79. The Balaban J connectivity index is 1.47. The Hall–Kier alpha value is -3.55. The maximum atomic E-state index is 12.9. The Kier molecular flexibility index (Phi) is 5.44. The van der Waals surface area contributed by atoms with E-state index in [0.29, 0.717) is 31.9 Å². The van der Waals surface area contributed by atoms with Gasteiger partial charge >= 0.3 is 0 Å². The average molecular weight is 443 g/mol. The van der Waals surface area contributed by atoms with Gasteiger partial charge in [0.1, 0.15) is 6.33 Å². The number of hydrogen-bond donors (Lipinski definition) is 1. The summed E-state index contributed by atoms with van der Waals surface area (Å²) in [4.78, 5) is 23.6. The van der Waals surface area contributed by atoms with Gasteiger partial charge in [0, 0.05) is 36.7 Å². The molecule has 1 aliphatic rings. The number of carbonyl (C=O) groups is 1. The third-order valence-corrected chi connectivity index (χ3v) is 5.99. The highest BCUT2D eigenvalue weighted by Gasteiger charge is 2.20. The van der Waals surface area contributed by atoms with Crippen LogP contribution in [0.4, 0.5) is 0 Å². The van der Waals surface area contributed by atoms with Crippen molar-refractivity contribution >= 4 is 16.9 Å². The monoisotopic (exact) mass is 442 g/mol. The predicted molar refractivity (Wildman–Crippen MR) is 126 cm³/mol. The Labute approximate surface area is 192 Å². The van der Waals surface area contributed by atoms with Crippen LogP contribution in [0.25, 0.3) is 27.8 Å². The maximum absolute atomic E-state index is 12.9. The molecule has 0 radical (unpaired) electrons. The van der Waals surface area contributed by atoms with Crippen LogP contribution in [-0.4, -0.2) is 56.8 Å². The Morgan fingerprint density at radius 1 is 1.03 bits per heavy atom. The molecule has 2 aromatic heterocycles. The Bertz CT molecular complexity index is 1320. The van der Waals surface area contributed by atoms with Crippen molar-refractivity contribution in [3.8, 4) is 16.8 Å². The van der Waals surface area contributed by atoms with Crippen LogP contribution in [0.3, 0.4) is 0 Å². The van der Waals surface area contributed by atoms with Crippen molar-refractivity contribution < 1.29 is 14.6 Å². The largest absolute Gasteiger partial charge is 0.386 e. The van der Waals surface area contributed by atoms with Crippen molar-refractivity contribution in [2.45, 2.75) is 19.4 Å². The summed E-state index contributed by atoms with van der Waals surface area (Å²) in [6, 6.07) is 15.8. The molecule has 33 heavy (non-hydrogen) atoms. The van der Waals surface area contributed by atoms with E-state index < -0.39 is 5.60 Å². The first kappa shape index (κ1) is 21.3. The first-order chi connectivity index (χ1) is 15.9. The van der Waals surface area contributed by atoms with Gasteiger partial charge in [0.25, 0.3) is 5.91 Å². The number of imidazole rings is 1. The molecule has 1 fully saturated rings. The molecule has 4 aromatic rings. The van der Waals surface area contributed by atoms with Crippen LogP contribution >= 0.6 is 0 Å². The van der Waals surface area contributed by atoms with E-state index in [-0.39, 0.29) is 5.91 Å². The summed E-state index contributed by atoms with van der Waals surface area (Å²) in [5.41, 5.74) is 5.05. The van der Waals surface area contributed by atoms with Crippen LogP contribution in [0.5, 0.6) is 0 Å². The fraction of sp³-hybridized carbons (Fsp3) is 0.269. The summed E-state index contributed by atoms with van der Waals surface area (Å²) in [5, 5.41) is 10.3. The SMILES string of the molecule is CC(C)(O)c1ccc2c(c1)ncn2-c1cccc(-c2cncc(C(=O)N3CCOCC3)c2)c1. The lowest BCUT2D eigenvalue weighted by molar-refractivity contribution is 0.0302. The minimum atomic E-state index is -0.922. The van der Waals surface area contributed by atoms with Gasteiger partial charge in [-0.25, -0.2) is 4.98 Å². The molecule has 168 valence electrons. The number of morpholine rings is 1. The smallest absolute Gasteiger partial charge is 0.255 e. The third-order valence-electron chi connectivity index (χ3n) is 5.99. The molecular formula is C26H26N4O3. The molecule has 1 amide bonds. The van der Waals surface area contributed by atoms with Gasteiger partial charge in [-0.3, -0.25) is 14.3 Å². The number of aliphatic hydroxyl groups is 1. The van der Waals surface area contributed by atoms with E-state index in [2.05, 4.69) is 16.0 Å². The number of aromatic nitrogens is 3. The molecule has 0 spiro atoms. The number of benzene rings is 2. The summed E-state index contributed by atoms with van der Waals surface area (Å²) in [7, 11) is 0. The zero-order chi connectivity index (χ0) is 23.0. The summed E-state index contributed by atoms with van der Waals surface area (Å²) >= 11 is 0. The second-order valence-corrected chi connectivity index (χ2v) is 8.79. The van der Waals surface area contributed by atoms with Gasteiger partial charge in [-0.2, -0.15) is 0 Å². The first-order valence-corrected chi connectivity index (χ1v) is 11.0. The normalized spacial score (nSPS) is 14.6. The molecule has 1 N–H and O–H groups in total. The van der Waals surface area contributed by atoms with E-state index in [1.807, 2.05) is 47.0 Å². The third kappa shape index (κ3) is 4.25. The molecule has 0 bridgehead atoms. The lowest BCUT2D eigenvalue weighted by Crippen LogP contribution is -2.40. The quantitative estimate of drug-likeness (QED) is 0.520. The zero-order valence-corrected chi connectivity index (χ0v) is 18.7. The number of ether oxygens (including phenoxy) is 1. The molecular weight excluding hydrogens is 416 g/mol. The summed E-state index contributed by atoms with van der Waals surface area (Å²) in [6.45, 7) is 5.86. The van der Waals surface area contributed by atoms with Crippen molar-refractivity contribution in [1.82, 2.24) is 19.4 Å². The molecule has 0 aliphatic carbocycles. The molecule has 5 rings (SSSR count). The van der Waals surface area contributed by atoms with Crippen molar-refractivity contribution in [2.24, 2.45) is 0 Å². The molecule has 1 saturated heterocycles. The van der Waals surface area contributed by atoms with Crippen molar-refractivity contribution in [2.75, 3.05) is 26.3 Å². The van der Waals surface area contributed by atoms with Gasteiger partial charge in [0.05, 0.1) is 35.4 Å². The fourth-order valence-electron chi connectivity index (χ4n) is 4.10. The van der Waals surface area contributed by atoms with E-state index in [4.69, 9.17) is 4.74 Å². The highest BCUT2D eigenvalue weighted by molar-refractivity contribution is 5.95. The van der Waals surface area contributed by atoms with E-state index in [0.717, 1.165) is 33.4 Å². The van der Waals surface area contributed by atoms with Crippen molar-refractivity contribution in [3.05, 3.63) is 78.4 Å². The summed E-state index contributed by atoms with van der Waals surface area (Å²) < 4.78 is 7.37. The van der Waals surface area contributed by atoms with Gasteiger partial charge in [-0.05, 0) is 55.3 Å². The number of pyridine rings is 1. The van der Waals surface area contributed by atoms with E-state index >= 15 is 0 Å². The second-order valence-electron chi connectivity index (χ2n) is 8.79. The molecule has 1 aliphatic heterocycles. The molecule has 3 heterocycles. The van der Waals surface area contributed by atoms with Gasteiger partial charge in [0.15, 0.2) is 0 Å². The molecule has 0 saturated carbocycles. The molecule has 7 heteroatoms. The number of rotatable bonds is 4. The highest BCUT2D eigenvalue weighted by Crippen LogP contribution is 2.28. The summed E-state index contributed by atoms with van der Waals surface area (Å²) in [5.74, 6) is -0.0213. The standard InChI is InChI=1S/C26H26N4O3/c1-26(2,32)21-6-7-24-23(14-21)28-17-30(24)22-5-3-4-18(13-22)19-12-20(16-27-15-19)25(31)29-8-10-33-11-9-29/h3-7,12-17,32H,8-11H2,1-2H3. The number of carbonyl (C=O) groups excluding carboxylic acids is 1. The molecule has 7 nitrogen and oxygen atoms in total. The topological polar surface area (TPSA) is 80.5 Å². The van der Waals surface area contributed by atoms with Gasteiger partial charge in [-0.15, -0.1) is 0 Å². The number of amides is 1. The number of hydrogen-bond acceptors (Lipinski definition) is 5. The van der Waals surface area contributed by atoms with Crippen LogP contribution in [0.2, 0.25) is 0 Å². The van der Waals surface area contributed by atoms with Crippen molar-refractivity contribution in [1.29, 1.82) is 0 Å². The number of nitrogens with zero attached hydrogens (tertiary/aromatic N) is 4. The van der Waals surface area contributed by atoms with E-state index in [1.54, 1.807) is 37.5 Å². The van der Waals surface area contributed by atoms with E-state index in [1.165, 1.54) is 0 Å². The molecule has 0 atom stereocenters. The lowest BCUT2D eigenvalue weighted by atomic mass is 9.98. The zero-order valence-electron chi connectivity index (χ0n) is 18.7. The minimum absolute atomic E-state index is 0.0213. The van der Waals surface area contributed by atoms with Crippen LogP contribution in [0.15, 0.2) is 67.3 Å². The van der Waals surface area contributed by atoms with Crippen molar-refractivity contribution in [3.63, 3.8) is 0 Å². The van der Waals surface area contributed by atoms with Crippen LogP contribution in [0, 0.1) is 0 Å². The van der Waals surface area contributed by atoms with Crippen LogP contribution in [0.1, 0.15) is 29.8 Å². The second kappa shape index (κ2) is 8.42.